The molecule has 188 valence electrons. The number of carbonyl (C=O) groups is 1. The Hall–Kier alpha value is -2.39. The molecule has 6 nitrogen and oxygen atoms in total. The molecule has 8 heteroatoms. The molecule has 0 spiro atoms. The summed E-state index contributed by atoms with van der Waals surface area (Å²) in [6, 6.07) is 12.4. The van der Waals surface area contributed by atoms with Crippen LogP contribution in [0.3, 0.4) is 0 Å². The number of halogens is 2. The van der Waals surface area contributed by atoms with Crippen molar-refractivity contribution < 1.29 is 32.5 Å². The van der Waals surface area contributed by atoms with Crippen LogP contribution < -0.4 is 5.32 Å². The number of ether oxygens (including phenoxy) is 4. The average Bonchev–Trinajstić information content (AvgIpc) is 3.57. The molecule has 2 aliphatic carbocycles. The van der Waals surface area contributed by atoms with Gasteiger partial charge in [-0.15, -0.1) is 0 Å². The molecular formula is C27H31F2NO5. The molecule has 1 heterocycles. The Morgan fingerprint density at radius 2 is 1.77 bits per heavy atom. The maximum atomic E-state index is 13.8. The molecule has 1 aliphatic heterocycles. The van der Waals surface area contributed by atoms with Crippen LogP contribution in [0, 0.1) is 11.6 Å². The van der Waals surface area contributed by atoms with Crippen LogP contribution >= 0.6 is 0 Å². The van der Waals surface area contributed by atoms with Gasteiger partial charge in [0.2, 0.25) is 0 Å². The molecule has 3 fully saturated rings. The second kappa shape index (κ2) is 9.58. The van der Waals surface area contributed by atoms with Crippen molar-refractivity contribution in [2.75, 3.05) is 0 Å². The minimum absolute atomic E-state index is 0.0716. The van der Waals surface area contributed by atoms with E-state index in [0.717, 1.165) is 18.4 Å². The summed E-state index contributed by atoms with van der Waals surface area (Å²) < 4.78 is 52.0. The van der Waals surface area contributed by atoms with E-state index in [1.165, 1.54) is 24.3 Å². The highest BCUT2D eigenvalue weighted by molar-refractivity contribution is 5.86. The van der Waals surface area contributed by atoms with E-state index < -0.39 is 23.6 Å². The van der Waals surface area contributed by atoms with E-state index in [4.69, 9.17) is 18.9 Å². The monoisotopic (exact) mass is 487 g/mol. The fourth-order valence-electron chi connectivity index (χ4n) is 4.88. The van der Waals surface area contributed by atoms with Gasteiger partial charge in [0.1, 0.15) is 17.7 Å². The van der Waals surface area contributed by atoms with Crippen LogP contribution in [0.5, 0.6) is 0 Å². The topological polar surface area (TPSA) is 66.0 Å². The zero-order valence-electron chi connectivity index (χ0n) is 20.0. The second-order valence-corrected chi connectivity index (χ2v) is 10.2. The molecular weight excluding hydrogens is 456 g/mol. The van der Waals surface area contributed by atoms with Gasteiger partial charge in [-0.1, -0.05) is 24.3 Å². The van der Waals surface area contributed by atoms with Gasteiger partial charge >= 0.3 is 0 Å². The fraction of sp³-hybridized carbons (Fsp3) is 0.519. The van der Waals surface area contributed by atoms with Crippen LogP contribution in [-0.4, -0.2) is 41.6 Å². The Morgan fingerprint density at radius 3 is 2.49 bits per heavy atom. The molecule has 0 radical (unpaired) electrons. The zero-order valence-corrected chi connectivity index (χ0v) is 20.0. The van der Waals surface area contributed by atoms with Crippen molar-refractivity contribution >= 4 is 5.91 Å². The number of rotatable bonds is 8. The molecule has 1 amide bonds. The number of nitrogens with one attached hydrogen (secondary N) is 1. The van der Waals surface area contributed by atoms with E-state index >= 15 is 0 Å². The van der Waals surface area contributed by atoms with Crippen molar-refractivity contribution in [1.29, 1.82) is 0 Å². The summed E-state index contributed by atoms with van der Waals surface area (Å²) >= 11 is 0. The van der Waals surface area contributed by atoms with Gasteiger partial charge in [-0.25, -0.2) is 8.78 Å². The molecule has 0 bridgehead atoms. The van der Waals surface area contributed by atoms with Gasteiger partial charge in [-0.05, 0) is 62.1 Å². The molecule has 1 unspecified atom stereocenters. The molecule has 35 heavy (non-hydrogen) atoms. The lowest BCUT2D eigenvalue weighted by Crippen LogP contribution is -2.60. The molecule has 4 atom stereocenters. The van der Waals surface area contributed by atoms with Gasteiger partial charge in [-0.3, -0.25) is 4.79 Å². The van der Waals surface area contributed by atoms with Crippen LogP contribution in [0.25, 0.3) is 0 Å². The summed E-state index contributed by atoms with van der Waals surface area (Å²) in [5.41, 5.74) is 0.215. The van der Waals surface area contributed by atoms with Crippen molar-refractivity contribution in [3.63, 3.8) is 0 Å². The highest BCUT2D eigenvalue weighted by Gasteiger charge is 2.58. The number of carbonyl (C=O) groups excluding carboxylic acids is 1. The van der Waals surface area contributed by atoms with E-state index in [1.807, 2.05) is 13.8 Å². The van der Waals surface area contributed by atoms with E-state index in [9.17, 15) is 13.6 Å². The normalized spacial score (nSPS) is 29.5. The van der Waals surface area contributed by atoms with Gasteiger partial charge < -0.3 is 24.3 Å². The summed E-state index contributed by atoms with van der Waals surface area (Å²) in [7, 11) is 0. The molecule has 5 rings (SSSR count). The number of benzene rings is 2. The van der Waals surface area contributed by atoms with Gasteiger partial charge in [0, 0.05) is 18.9 Å². The lowest BCUT2D eigenvalue weighted by molar-refractivity contribution is -0.183. The first-order chi connectivity index (χ1) is 16.7. The van der Waals surface area contributed by atoms with Crippen LogP contribution in [0.1, 0.15) is 50.7 Å². The Morgan fingerprint density at radius 1 is 1.00 bits per heavy atom. The smallest absolute Gasteiger partial charge is 0.252 e. The number of hydrogen-bond donors (Lipinski definition) is 1. The standard InChI is InChI=1S/C27H31F2NO5/c1-26(2)34-23-14-27(25(31)30-21-10-11-21,33-16-18-4-3-5-20(29)12-18)13-22(24(23)35-26)32-15-17-6-8-19(28)9-7-17/h3-9,12,21-24H,10-11,13-16H2,1-2H3,(H,30,31)/t22?,23-,24+,27-/m1/s1. The van der Waals surface area contributed by atoms with Crippen molar-refractivity contribution in [3.8, 4) is 0 Å². The maximum Gasteiger partial charge on any atom is 0.252 e. The van der Waals surface area contributed by atoms with Crippen LogP contribution in [0.4, 0.5) is 8.78 Å². The number of amides is 1. The number of fused-ring (bicyclic) bond motifs is 1. The van der Waals surface area contributed by atoms with Crippen molar-refractivity contribution in [1.82, 2.24) is 5.32 Å². The molecule has 2 saturated carbocycles. The highest BCUT2D eigenvalue weighted by atomic mass is 19.1. The summed E-state index contributed by atoms with van der Waals surface area (Å²) in [6.07, 6.45) is 1.12. The van der Waals surface area contributed by atoms with Gasteiger partial charge in [-0.2, -0.15) is 0 Å². The van der Waals surface area contributed by atoms with E-state index in [1.54, 1.807) is 24.3 Å². The third-order valence-corrected chi connectivity index (χ3v) is 6.76. The van der Waals surface area contributed by atoms with Crippen molar-refractivity contribution in [2.45, 2.75) is 88.5 Å². The van der Waals surface area contributed by atoms with Crippen molar-refractivity contribution in [3.05, 3.63) is 71.3 Å². The van der Waals surface area contributed by atoms with E-state index in [-0.39, 0.29) is 49.3 Å². The van der Waals surface area contributed by atoms with E-state index in [0.29, 0.717) is 12.0 Å². The zero-order chi connectivity index (χ0) is 24.6. The molecule has 2 aromatic rings. The van der Waals surface area contributed by atoms with Crippen LogP contribution in [0.2, 0.25) is 0 Å². The molecule has 0 aromatic heterocycles. The average molecular weight is 488 g/mol. The van der Waals surface area contributed by atoms with Gasteiger partial charge in [0.15, 0.2) is 11.4 Å². The third-order valence-electron chi connectivity index (χ3n) is 6.76. The predicted octanol–water partition coefficient (Wildman–Crippen LogP) is 4.40. The summed E-state index contributed by atoms with van der Waals surface area (Å²) in [4.78, 5) is 13.6. The maximum absolute atomic E-state index is 13.8. The second-order valence-electron chi connectivity index (χ2n) is 10.2. The molecule has 1 saturated heterocycles. The fourth-order valence-corrected chi connectivity index (χ4v) is 4.88. The van der Waals surface area contributed by atoms with E-state index in [2.05, 4.69) is 5.32 Å². The first-order valence-electron chi connectivity index (χ1n) is 12.1. The molecule has 1 N–H and O–H groups in total. The minimum Gasteiger partial charge on any atom is -0.371 e. The molecule has 3 aliphatic rings. The lowest BCUT2D eigenvalue weighted by Gasteiger charge is -2.43. The third kappa shape index (κ3) is 5.72. The van der Waals surface area contributed by atoms with Crippen molar-refractivity contribution in [2.24, 2.45) is 0 Å². The van der Waals surface area contributed by atoms with Gasteiger partial charge in [0.05, 0.1) is 25.4 Å². The summed E-state index contributed by atoms with van der Waals surface area (Å²) in [5.74, 6) is -1.72. The first kappa shape index (κ1) is 24.3. The minimum atomic E-state index is -1.23. The Bertz CT molecular complexity index is 1060. The number of hydrogen-bond acceptors (Lipinski definition) is 5. The Labute approximate surface area is 203 Å². The SMILES string of the molecule is CC1(C)O[C@@H]2C[C@@](OCc3cccc(F)c3)(C(=O)NC3CC3)CC(OCc3ccc(F)cc3)[C@@H]2O1. The Balaban J connectivity index is 1.40. The predicted molar refractivity (Wildman–Crippen MR) is 123 cm³/mol. The quantitative estimate of drug-likeness (QED) is 0.598. The lowest BCUT2D eigenvalue weighted by atomic mass is 9.78. The Kier molecular flexibility index (Phi) is 6.65. The van der Waals surface area contributed by atoms with Crippen LogP contribution in [0.15, 0.2) is 48.5 Å². The summed E-state index contributed by atoms with van der Waals surface area (Å²) in [6.45, 7) is 3.97. The first-order valence-corrected chi connectivity index (χ1v) is 12.1. The molecule has 2 aromatic carbocycles. The highest BCUT2D eigenvalue weighted by Crippen LogP contribution is 2.44. The van der Waals surface area contributed by atoms with Gasteiger partial charge in [0.25, 0.3) is 5.91 Å². The van der Waals surface area contributed by atoms with Crippen LogP contribution in [-0.2, 0) is 37.0 Å². The summed E-state index contributed by atoms with van der Waals surface area (Å²) in [5, 5.41) is 3.08. The largest absolute Gasteiger partial charge is 0.371 e.